The summed E-state index contributed by atoms with van der Waals surface area (Å²) in [4.78, 5) is 11.0. The van der Waals surface area contributed by atoms with Crippen LogP contribution in [0.15, 0.2) is 23.1 Å². The highest BCUT2D eigenvalue weighted by molar-refractivity contribution is 7.89. The fourth-order valence-corrected chi connectivity index (χ4v) is 3.76. The van der Waals surface area contributed by atoms with E-state index in [4.69, 9.17) is 10.8 Å². The summed E-state index contributed by atoms with van der Waals surface area (Å²) in [6.07, 6.45) is 1.31. The number of carboxylic acid groups (broad SMARTS) is 1. The highest BCUT2D eigenvalue weighted by Gasteiger charge is 2.30. The molecular weight excluding hydrogens is 280 g/mol. The summed E-state index contributed by atoms with van der Waals surface area (Å²) in [6, 6.07) is 3.63. The predicted molar refractivity (Wildman–Crippen MR) is 77.1 cm³/mol. The Hall–Kier alpha value is -1.60. The van der Waals surface area contributed by atoms with Gasteiger partial charge < -0.3 is 10.8 Å². The van der Waals surface area contributed by atoms with Gasteiger partial charge in [0.05, 0.1) is 10.5 Å². The molecule has 0 fully saturated rings. The van der Waals surface area contributed by atoms with E-state index in [0.29, 0.717) is 12.8 Å². The molecule has 0 atom stereocenters. The van der Waals surface area contributed by atoms with E-state index >= 15 is 0 Å². The molecule has 0 heterocycles. The van der Waals surface area contributed by atoms with E-state index in [0.717, 1.165) is 6.07 Å². The van der Waals surface area contributed by atoms with Gasteiger partial charge in [0.15, 0.2) is 0 Å². The first kappa shape index (κ1) is 16.5. The summed E-state index contributed by atoms with van der Waals surface area (Å²) < 4.78 is 26.3. The molecule has 112 valence electrons. The van der Waals surface area contributed by atoms with Crippen LogP contribution in [0.4, 0.5) is 5.69 Å². The van der Waals surface area contributed by atoms with Crippen LogP contribution in [0.3, 0.4) is 0 Å². The van der Waals surface area contributed by atoms with Gasteiger partial charge in [0.1, 0.15) is 0 Å². The topological polar surface area (TPSA) is 101 Å². The molecule has 3 N–H and O–H groups in total. The summed E-state index contributed by atoms with van der Waals surface area (Å²) in [5.41, 5.74) is 5.44. The minimum Gasteiger partial charge on any atom is -0.478 e. The number of nitrogens with zero attached hydrogens (tertiary/aromatic N) is 1. The molecule has 0 saturated carbocycles. The lowest BCUT2D eigenvalue weighted by molar-refractivity contribution is 0.0692. The van der Waals surface area contributed by atoms with Gasteiger partial charge in [-0.25, -0.2) is 13.2 Å². The Bertz CT molecular complexity index is 594. The van der Waals surface area contributed by atoms with Gasteiger partial charge in [-0.2, -0.15) is 4.31 Å². The minimum atomic E-state index is -3.86. The highest BCUT2D eigenvalue weighted by atomic mass is 32.2. The van der Waals surface area contributed by atoms with Crippen molar-refractivity contribution in [2.24, 2.45) is 0 Å². The number of rotatable bonds is 6. The molecule has 0 spiro atoms. The smallest absolute Gasteiger partial charge is 0.337 e. The molecule has 0 saturated heterocycles. The van der Waals surface area contributed by atoms with Crippen LogP contribution in [-0.2, 0) is 10.0 Å². The van der Waals surface area contributed by atoms with Gasteiger partial charge in [-0.1, -0.05) is 13.8 Å². The van der Waals surface area contributed by atoms with Crippen LogP contribution >= 0.6 is 0 Å². The fraction of sp³-hybridized carbons (Fsp3) is 0.462. The third-order valence-electron chi connectivity index (χ3n) is 3.35. The molecular formula is C13H20N2O4S. The summed E-state index contributed by atoms with van der Waals surface area (Å²) in [5, 5.41) is 9.15. The fourth-order valence-electron chi connectivity index (χ4n) is 2.09. The van der Waals surface area contributed by atoms with Gasteiger partial charge in [0.2, 0.25) is 10.0 Å². The maximum atomic E-state index is 12.5. The predicted octanol–water partition coefficient (Wildman–Crippen LogP) is 1.78. The van der Waals surface area contributed by atoms with E-state index in [2.05, 4.69) is 0 Å². The summed E-state index contributed by atoms with van der Waals surface area (Å²) >= 11 is 0. The molecule has 0 radical (unpaired) electrons. The first-order valence-corrected chi connectivity index (χ1v) is 7.80. The van der Waals surface area contributed by atoms with Crippen molar-refractivity contribution in [3.8, 4) is 0 Å². The van der Waals surface area contributed by atoms with Gasteiger partial charge in [0.25, 0.3) is 0 Å². The Morgan fingerprint density at radius 2 is 1.90 bits per heavy atom. The van der Waals surface area contributed by atoms with Gasteiger partial charge in [-0.05, 0) is 31.0 Å². The van der Waals surface area contributed by atoms with E-state index in [1.807, 2.05) is 13.8 Å². The van der Waals surface area contributed by atoms with Crippen molar-refractivity contribution in [3.05, 3.63) is 23.8 Å². The Kier molecular flexibility index (Phi) is 5.13. The van der Waals surface area contributed by atoms with Crippen LogP contribution < -0.4 is 5.73 Å². The zero-order valence-electron chi connectivity index (χ0n) is 11.8. The zero-order chi connectivity index (χ0) is 15.5. The number of sulfonamides is 1. The lowest BCUT2D eigenvalue weighted by atomic mass is 10.2. The standard InChI is InChI=1S/C13H20N2O4S/c1-4-10(5-2)15(3)20(18,19)12-7-6-9(14)8-11(12)13(16)17/h6-8,10H,4-5,14H2,1-3H3,(H,16,17). The Morgan fingerprint density at radius 1 is 1.35 bits per heavy atom. The molecule has 1 aromatic carbocycles. The Balaban J connectivity index is 3.39. The van der Waals surface area contributed by atoms with Crippen molar-refractivity contribution < 1.29 is 18.3 Å². The van der Waals surface area contributed by atoms with E-state index in [9.17, 15) is 13.2 Å². The molecule has 0 unspecified atom stereocenters. The maximum Gasteiger partial charge on any atom is 0.337 e. The molecule has 1 aromatic rings. The van der Waals surface area contributed by atoms with Crippen LogP contribution in [0, 0.1) is 0 Å². The largest absolute Gasteiger partial charge is 0.478 e. The first-order chi connectivity index (χ1) is 9.25. The first-order valence-electron chi connectivity index (χ1n) is 6.36. The van der Waals surface area contributed by atoms with Gasteiger partial charge in [-0.3, -0.25) is 0 Å². The van der Waals surface area contributed by atoms with Gasteiger partial charge in [0, 0.05) is 18.8 Å². The third-order valence-corrected chi connectivity index (χ3v) is 5.32. The maximum absolute atomic E-state index is 12.5. The van der Waals surface area contributed by atoms with Crippen LogP contribution in [0.2, 0.25) is 0 Å². The monoisotopic (exact) mass is 300 g/mol. The quantitative estimate of drug-likeness (QED) is 0.780. The van der Waals surface area contributed by atoms with E-state index in [1.165, 1.54) is 23.5 Å². The van der Waals surface area contributed by atoms with Crippen LogP contribution in [0.1, 0.15) is 37.0 Å². The SMILES string of the molecule is CCC(CC)N(C)S(=O)(=O)c1ccc(N)cc1C(=O)O. The van der Waals surface area contributed by atoms with E-state index in [1.54, 1.807) is 0 Å². The van der Waals surface area contributed by atoms with E-state index < -0.39 is 16.0 Å². The van der Waals surface area contributed by atoms with Crippen LogP contribution in [0.5, 0.6) is 0 Å². The second kappa shape index (κ2) is 6.23. The average molecular weight is 300 g/mol. The highest BCUT2D eigenvalue weighted by Crippen LogP contribution is 2.24. The summed E-state index contributed by atoms with van der Waals surface area (Å²) in [5.74, 6) is -1.31. The molecule has 20 heavy (non-hydrogen) atoms. The molecule has 0 aliphatic carbocycles. The molecule has 0 aliphatic rings. The van der Waals surface area contributed by atoms with Crippen molar-refractivity contribution in [2.45, 2.75) is 37.6 Å². The van der Waals surface area contributed by atoms with Crippen LogP contribution in [0.25, 0.3) is 0 Å². The summed E-state index contributed by atoms with van der Waals surface area (Å²) in [7, 11) is -2.39. The molecule has 0 aromatic heterocycles. The molecule has 0 bridgehead atoms. The van der Waals surface area contributed by atoms with Crippen molar-refractivity contribution >= 4 is 21.7 Å². The van der Waals surface area contributed by atoms with Crippen molar-refractivity contribution in [1.82, 2.24) is 4.31 Å². The lowest BCUT2D eigenvalue weighted by Gasteiger charge is -2.26. The summed E-state index contributed by atoms with van der Waals surface area (Å²) in [6.45, 7) is 3.78. The van der Waals surface area contributed by atoms with Crippen molar-refractivity contribution in [3.63, 3.8) is 0 Å². The zero-order valence-corrected chi connectivity index (χ0v) is 12.6. The van der Waals surface area contributed by atoms with Gasteiger partial charge >= 0.3 is 5.97 Å². The van der Waals surface area contributed by atoms with Crippen molar-refractivity contribution in [2.75, 3.05) is 12.8 Å². The molecule has 0 aliphatic heterocycles. The number of carboxylic acids is 1. The number of aromatic carboxylic acids is 1. The number of benzene rings is 1. The molecule has 7 heteroatoms. The van der Waals surface area contributed by atoms with E-state index in [-0.39, 0.29) is 22.2 Å². The number of anilines is 1. The lowest BCUT2D eigenvalue weighted by Crippen LogP contribution is -2.37. The molecule has 0 amide bonds. The number of nitrogen functional groups attached to an aromatic ring is 1. The van der Waals surface area contributed by atoms with Crippen molar-refractivity contribution in [1.29, 1.82) is 0 Å². The van der Waals surface area contributed by atoms with Gasteiger partial charge in [-0.15, -0.1) is 0 Å². The second-order valence-electron chi connectivity index (χ2n) is 4.55. The minimum absolute atomic E-state index is 0.167. The second-order valence-corrected chi connectivity index (χ2v) is 6.52. The number of hydrogen-bond acceptors (Lipinski definition) is 4. The number of nitrogens with two attached hydrogens (primary N) is 1. The van der Waals surface area contributed by atoms with Crippen LogP contribution in [-0.4, -0.2) is 36.9 Å². The number of hydrogen-bond donors (Lipinski definition) is 2. The third kappa shape index (κ3) is 3.10. The Morgan fingerprint density at radius 3 is 2.35 bits per heavy atom. The number of carbonyl (C=O) groups is 1. The molecule has 1 rings (SSSR count). The normalized spacial score (nSPS) is 12.1. The molecule has 6 nitrogen and oxygen atoms in total. The average Bonchev–Trinajstić information content (AvgIpc) is 2.39. The Labute approximate surface area is 119 Å².